The quantitative estimate of drug-likeness (QED) is 0.778. The number of ether oxygens (including phenoxy) is 1. The number of para-hydroxylation sites is 1. The smallest absolute Gasteiger partial charge is 0.239 e. The minimum Gasteiger partial charge on any atom is -0.490 e. The van der Waals surface area contributed by atoms with Gasteiger partial charge in [0.2, 0.25) is 5.91 Å². The maximum absolute atomic E-state index is 13.2. The van der Waals surface area contributed by atoms with Crippen LogP contribution in [-0.4, -0.2) is 67.6 Å². The maximum Gasteiger partial charge on any atom is 0.239 e. The second kappa shape index (κ2) is 10.3. The van der Waals surface area contributed by atoms with Gasteiger partial charge in [0.1, 0.15) is 11.9 Å². The first-order chi connectivity index (χ1) is 13.1. The molecule has 1 unspecified atom stereocenters. The molecule has 5 nitrogen and oxygen atoms in total. The van der Waals surface area contributed by atoms with Gasteiger partial charge >= 0.3 is 0 Å². The van der Waals surface area contributed by atoms with Gasteiger partial charge < -0.3 is 15.0 Å². The first-order valence-corrected chi connectivity index (χ1v) is 10.5. The number of amides is 1. The molecular weight excluding hydrogens is 409 g/mol. The van der Waals surface area contributed by atoms with Gasteiger partial charge in [-0.15, -0.1) is 24.8 Å². The van der Waals surface area contributed by atoms with Crippen molar-refractivity contribution in [3.05, 3.63) is 29.8 Å². The lowest BCUT2D eigenvalue weighted by Gasteiger charge is -2.35. The van der Waals surface area contributed by atoms with E-state index < -0.39 is 0 Å². The number of hydrogen-bond donors (Lipinski definition) is 1. The van der Waals surface area contributed by atoms with Crippen LogP contribution in [-0.2, 0) is 4.79 Å². The number of nitrogens with zero attached hydrogens (tertiary/aromatic N) is 2. The number of aryl methyl sites for hydroxylation is 1. The molecule has 1 atom stereocenters. The highest BCUT2D eigenvalue weighted by atomic mass is 35.5. The molecule has 3 saturated heterocycles. The van der Waals surface area contributed by atoms with Crippen LogP contribution in [0.25, 0.3) is 0 Å². The molecule has 3 aliphatic heterocycles. The predicted molar refractivity (Wildman–Crippen MR) is 121 cm³/mol. The first-order valence-electron chi connectivity index (χ1n) is 10.5. The van der Waals surface area contributed by atoms with Gasteiger partial charge in [0, 0.05) is 32.5 Å². The molecule has 0 aromatic heterocycles. The third-order valence-corrected chi connectivity index (χ3v) is 6.83. The molecule has 1 N–H and O–H groups in total. The largest absolute Gasteiger partial charge is 0.490 e. The lowest BCUT2D eigenvalue weighted by atomic mass is 9.77. The van der Waals surface area contributed by atoms with Crippen LogP contribution in [0.15, 0.2) is 24.3 Å². The molecule has 7 heteroatoms. The highest BCUT2D eigenvalue weighted by Gasteiger charge is 2.46. The van der Waals surface area contributed by atoms with Crippen molar-refractivity contribution >= 4 is 30.7 Å². The average Bonchev–Trinajstić information content (AvgIpc) is 3.00. The summed E-state index contributed by atoms with van der Waals surface area (Å²) in [6.45, 7) is 6.97. The number of carbonyl (C=O) groups excluding carboxylic acids is 1. The van der Waals surface area contributed by atoms with E-state index in [4.69, 9.17) is 4.74 Å². The molecule has 1 aromatic carbocycles. The molecule has 0 saturated carbocycles. The van der Waals surface area contributed by atoms with Gasteiger partial charge in [0.15, 0.2) is 0 Å². The third kappa shape index (κ3) is 5.38. The van der Waals surface area contributed by atoms with Crippen molar-refractivity contribution in [1.82, 2.24) is 15.1 Å². The number of likely N-dealkylation sites (tertiary alicyclic amines) is 2. The van der Waals surface area contributed by atoms with Crippen LogP contribution in [0, 0.1) is 12.3 Å². The van der Waals surface area contributed by atoms with Crippen LogP contribution in [0.3, 0.4) is 0 Å². The molecule has 4 rings (SSSR count). The summed E-state index contributed by atoms with van der Waals surface area (Å²) in [5.74, 6) is 1.31. The summed E-state index contributed by atoms with van der Waals surface area (Å²) in [4.78, 5) is 17.6. The van der Waals surface area contributed by atoms with Crippen molar-refractivity contribution in [2.45, 2.75) is 51.2 Å². The van der Waals surface area contributed by atoms with E-state index in [1.165, 1.54) is 18.4 Å². The Morgan fingerprint density at radius 1 is 1.14 bits per heavy atom. The summed E-state index contributed by atoms with van der Waals surface area (Å²) in [7, 11) is 2.13. The van der Waals surface area contributed by atoms with Gasteiger partial charge in [0.05, 0.1) is 6.04 Å². The van der Waals surface area contributed by atoms with E-state index in [9.17, 15) is 4.79 Å². The second-order valence-electron chi connectivity index (χ2n) is 8.79. The van der Waals surface area contributed by atoms with Gasteiger partial charge in [-0.3, -0.25) is 9.69 Å². The van der Waals surface area contributed by atoms with Crippen LogP contribution < -0.4 is 10.1 Å². The second-order valence-corrected chi connectivity index (χ2v) is 8.79. The summed E-state index contributed by atoms with van der Waals surface area (Å²) < 4.78 is 6.20. The fraction of sp³-hybridized carbons (Fsp3) is 0.682. The van der Waals surface area contributed by atoms with Gasteiger partial charge in [-0.1, -0.05) is 18.2 Å². The van der Waals surface area contributed by atoms with Gasteiger partial charge in [-0.25, -0.2) is 0 Å². The van der Waals surface area contributed by atoms with E-state index >= 15 is 0 Å². The number of likely N-dealkylation sites (N-methyl/N-ethyl adjacent to an activating group) is 1. The number of halogens is 2. The van der Waals surface area contributed by atoms with Crippen LogP contribution in [0.4, 0.5) is 0 Å². The summed E-state index contributed by atoms with van der Waals surface area (Å²) in [5, 5.41) is 3.46. The molecule has 1 amide bonds. The van der Waals surface area contributed by atoms with E-state index in [1.807, 2.05) is 18.2 Å². The third-order valence-electron chi connectivity index (χ3n) is 6.83. The Morgan fingerprint density at radius 3 is 2.45 bits per heavy atom. The molecule has 1 aromatic rings. The molecule has 0 radical (unpaired) electrons. The van der Waals surface area contributed by atoms with Crippen LogP contribution in [0.2, 0.25) is 0 Å². The monoisotopic (exact) mass is 443 g/mol. The van der Waals surface area contributed by atoms with Crippen molar-refractivity contribution in [1.29, 1.82) is 0 Å². The SMILES string of the molecule is Cc1ccccc1OC1CCN(C(=O)C2CC3(CCNCC3)CN2C)CC1.Cl.Cl. The van der Waals surface area contributed by atoms with Crippen molar-refractivity contribution in [3.8, 4) is 5.75 Å². The number of piperidine rings is 2. The number of carbonyl (C=O) groups is 1. The van der Waals surface area contributed by atoms with Crippen molar-refractivity contribution < 1.29 is 9.53 Å². The van der Waals surface area contributed by atoms with Gasteiger partial charge in [0.25, 0.3) is 0 Å². The summed E-state index contributed by atoms with van der Waals surface area (Å²) >= 11 is 0. The summed E-state index contributed by atoms with van der Waals surface area (Å²) in [6, 6.07) is 8.25. The Kier molecular flexibility index (Phi) is 8.65. The van der Waals surface area contributed by atoms with E-state index in [1.54, 1.807) is 0 Å². The van der Waals surface area contributed by atoms with E-state index in [2.05, 4.69) is 35.2 Å². The molecule has 3 aliphatic rings. The standard InChI is InChI=1S/C22H33N3O2.2ClH/c1-17-5-3-4-6-20(17)27-18-7-13-25(14-8-18)21(26)19-15-22(16-24(19)2)9-11-23-12-10-22;;/h3-6,18-19,23H,7-16H2,1-2H3;2*1H. The number of nitrogens with one attached hydrogen (secondary N) is 1. The van der Waals surface area contributed by atoms with Gasteiger partial charge in [-0.05, 0) is 63.4 Å². The Hall–Kier alpha value is -1.01. The Labute approximate surface area is 187 Å². The fourth-order valence-electron chi connectivity index (χ4n) is 5.14. The van der Waals surface area contributed by atoms with Crippen LogP contribution >= 0.6 is 24.8 Å². The highest BCUT2D eigenvalue weighted by Crippen LogP contribution is 2.41. The van der Waals surface area contributed by atoms with Crippen LogP contribution in [0.5, 0.6) is 5.75 Å². The zero-order valence-corrected chi connectivity index (χ0v) is 19.2. The van der Waals surface area contributed by atoms with E-state index in [0.29, 0.717) is 11.3 Å². The molecule has 0 bridgehead atoms. The zero-order chi connectivity index (χ0) is 18.9. The molecule has 1 spiro atoms. The highest BCUT2D eigenvalue weighted by molar-refractivity contribution is 5.85. The van der Waals surface area contributed by atoms with E-state index in [0.717, 1.165) is 57.7 Å². The normalized spacial score (nSPS) is 24.6. The Morgan fingerprint density at radius 2 is 1.79 bits per heavy atom. The molecule has 29 heavy (non-hydrogen) atoms. The zero-order valence-electron chi connectivity index (χ0n) is 17.6. The molecule has 164 valence electrons. The lowest BCUT2D eigenvalue weighted by Crippen LogP contribution is -2.48. The minimum atomic E-state index is 0. The lowest BCUT2D eigenvalue weighted by molar-refractivity contribution is -0.137. The molecule has 0 aliphatic carbocycles. The number of benzene rings is 1. The average molecular weight is 444 g/mol. The fourth-order valence-corrected chi connectivity index (χ4v) is 5.14. The van der Waals surface area contributed by atoms with Crippen LogP contribution in [0.1, 0.15) is 37.7 Å². The maximum atomic E-state index is 13.2. The summed E-state index contributed by atoms with van der Waals surface area (Å²) in [5.41, 5.74) is 1.53. The molecule has 3 heterocycles. The number of hydrogen-bond acceptors (Lipinski definition) is 4. The van der Waals surface area contributed by atoms with Crippen molar-refractivity contribution in [3.63, 3.8) is 0 Å². The van der Waals surface area contributed by atoms with E-state index in [-0.39, 0.29) is 37.0 Å². The summed E-state index contributed by atoms with van der Waals surface area (Å²) in [6.07, 6.45) is 5.49. The first kappa shape index (κ1) is 24.3. The van der Waals surface area contributed by atoms with Gasteiger partial charge in [-0.2, -0.15) is 0 Å². The number of rotatable bonds is 3. The molecule has 3 fully saturated rings. The Balaban J connectivity index is 0.00000150. The topological polar surface area (TPSA) is 44.8 Å². The van der Waals surface area contributed by atoms with Crippen molar-refractivity contribution in [2.24, 2.45) is 5.41 Å². The molecular formula is C22H35Cl2N3O2. The predicted octanol–water partition coefficient (Wildman–Crippen LogP) is 3.28. The minimum absolute atomic E-state index is 0. The Bertz CT molecular complexity index is 674. The van der Waals surface area contributed by atoms with Crippen molar-refractivity contribution in [2.75, 3.05) is 39.8 Å².